The molecule has 100 valence electrons. The summed E-state index contributed by atoms with van der Waals surface area (Å²) < 4.78 is 0. The molecule has 0 bridgehead atoms. The highest BCUT2D eigenvalue weighted by Crippen LogP contribution is 2.37. The lowest BCUT2D eigenvalue weighted by molar-refractivity contribution is -0.142. The van der Waals surface area contributed by atoms with Crippen LogP contribution in [0.25, 0.3) is 0 Å². The standard InChI is InChI=1S/C13H20N2O3/c1-2-5-10(11(16)17)8-15-12(18)13(9-14)6-3-4-7-13/h10H,2-8H2,1H3,(H,15,18)(H,16,17). The van der Waals surface area contributed by atoms with Crippen LogP contribution in [-0.2, 0) is 9.59 Å². The Kier molecular flexibility index (Phi) is 5.14. The Labute approximate surface area is 107 Å². The molecule has 0 aromatic carbocycles. The largest absolute Gasteiger partial charge is 0.481 e. The van der Waals surface area contributed by atoms with E-state index in [0.717, 1.165) is 19.3 Å². The van der Waals surface area contributed by atoms with Gasteiger partial charge in [0, 0.05) is 6.54 Å². The first-order chi connectivity index (χ1) is 8.55. The second kappa shape index (κ2) is 6.39. The number of rotatable bonds is 6. The Morgan fingerprint density at radius 3 is 2.50 bits per heavy atom. The molecule has 2 N–H and O–H groups in total. The minimum Gasteiger partial charge on any atom is -0.481 e. The number of nitrogens with zero attached hydrogens (tertiary/aromatic N) is 1. The highest BCUT2D eigenvalue weighted by Gasteiger charge is 2.41. The normalized spacial score (nSPS) is 18.9. The molecule has 0 aliphatic heterocycles. The first-order valence-corrected chi connectivity index (χ1v) is 6.48. The average Bonchev–Trinajstić information content (AvgIpc) is 2.83. The van der Waals surface area contributed by atoms with Crippen molar-refractivity contribution in [1.82, 2.24) is 5.32 Å². The van der Waals surface area contributed by atoms with Crippen molar-refractivity contribution >= 4 is 11.9 Å². The highest BCUT2D eigenvalue weighted by molar-refractivity contribution is 5.86. The summed E-state index contributed by atoms with van der Waals surface area (Å²) in [6, 6.07) is 2.10. The van der Waals surface area contributed by atoms with Crippen molar-refractivity contribution in [2.75, 3.05) is 6.54 Å². The van der Waals surface area contributed by atoms with Gasteiger partial charge < -0.3 is 10.4 Å². The lowest BCUT2D eigenvalue weighted by Crippen LogP contribution is -2.41. The lowest BCUT2D eigenvalue weighted by atomic mass is 9.87. The van der Waals surface area contributed by atoms with Crippen molar-refractivity contribution < 1.29 is 14.7 Å². The zero-order valence-corrected chi connectivity index (χ0v) is 10.7. The van der Waals surface area contributed by atoms with E-state index in [4.69, 9.17) is 10.4 Å². The van der Waals surface area contributed by atoms with E-state index in [0.29, 0.717) is 19.3 Å². The number of hydrogen-bond acceptors (Lipinski definition) is 3. The average molecular weight is 252 g/mol. The Morgan fingerprint density at radius 2 is 2.06 bits per heavy atom. The molecule has 1 amide bonds. The van der Waals surface area contributed by atoms with Crippen LogP contribution in [0.1, 0.15) is 45.4 Å². The summed E-state index contributed by atoms with van der Waals surface area (Å²) in [6.07, 6.45) is 4.24. The van der Waals surface area contributed by atoms with Gasteiger partial charge in [-0.1, -0.05) is 26.2 Å². The summed E-state index contributed by atoms with van der Waals surface area (Å²) >= 11 is 0. The fraction of sp³-hybridized carbons (Fsp3) is 0.769. The van der Waals surface area contributed by atoms with Crippen LogP contribution < -0.4 is 5.32 Å². The third kappa shape index (κ3) is 3.22. The number of carbonyl (C=O) groups excluding carboxylic acids is 1. The highest BCUT2D eigenvalue weighted by atomic mass is 16.4. The van der Waals surface area contributed by atoms with Gasteiger partial charge in [-0.25, -0.2) is 0 Å². The number of nitriles is 1. The van der Waals surface area contributed by atoms with E-state index in [1.54, 1.807) is 0 Å². The van der Waals surface area contributed by atoms with Crippen LogP contribution in [-0.4, -0.2) is 23.5 Å². The molecule has 1 rings (SSSR count). The molecule has 0 aromatic rings. The van der Waals surface area contributed by atoms with E-state index >= 15 is 0 Å². The first kappa shape index (κ1) is 14.5. The van der Waals surface area contributed by atoms with Crippen LogP contribution in [0.15, 0.2) is 0 Å². The zero-order chi connectivity index (χ0) is 13.6. The van der Waals surface area contributed by atoms with Crippen LogP contribution in [0.2, 0.25) is 0 Å². The minimum absolute atomic E-state index is 0.117. The number of amides is 1. The van der Waals surface area contributed by atoms with Crippen LogP contribution in [0.3, 0.4) is 0 Å². The van der Waals surface area contributed by atoms with Gasteiger partial charge in [-0.15, -0.1) is 0 Å². The molecule has 0 aromatic heterocycles. The topological polar surface area (TPSA) is 90.2 Å². The Hall–Kier alpha value is -1.57. The number of carboxylic acids is 1. The van der Waals surface area contributed by atoms with Crippen molar-refractivity contribution in [3.05, 3.63) is 0 Å². The molecular formula is C13H20N2O3. The van der Waals surface area contributed by atoms with E-state index in [2.05, 4.69) is 11.4 Å². The lowest BCUT2D eigenvalue weighted by Gasteiger charge is -2.20. The molecule has 1 aliphatic rings. The third-order valence-electron chi connectivity index (χ3n) is 3.60. The summed E-state index contributed by atoms with van der Waals surface area (Å²) in [5.41, 5.74) is -0.921. The van der Waals surface area contributed by atoms with E-state index in [9.17, 15) is 9.59 Å². The van der Waals surface area contributed by atoms with Gasteiger partial charge in [-0.3, -0.25) is 9.59 Å². The van der Waals surface area contributed by atoms with Crippen LogP contribution in [0, 0.1) is 22.7 Å². The molecule has 1 saturated carbocycles. The van der Waals surface area contributed by atoms with Gasteiger partial charge in [0.2, 0.25) is 5.91 Å². The predicted octanol–water partition coefficient (Wildman–Crippen LogP) is 1.69. The summed E-state index contributed by atoms with van der Waals surface area (Å²) in [5.74, 6) is -1.75. The van der Waals surface area contributed by atoms with Crippen LogP contribution in [0.4, 0.5) is 0 Å². The number of hydrogen-bond donors (Lipinski definition) is 2. The quantitative estimate of drug-likeness (QED) is 0.752. The van der Waals surface area contributed by atoms with Crippen LogP contribution >= 0.6 is 0 Å². The van der Waals surface area contributed by atoms with Crippen molar-refractivity contribution in [3.8, 4) is 6.07 Å². The van der Waals surface area contributed by atoms with Crippen LogP contribution in [0.5, 0.6) is 0 Å². The smallest absolute Gasteiger partial charge is 0.308 e. The van der Waals surface area contributed by atoms with Crippen molar-refractivity contribution in [1.29, 1.82) is 5.26 Å². The van der Waals surface area contributed by atoms with E-state index in [1.165, 1.54) is 0 Å². The predicted molar refractivity (Wildman–Crippen MR) is 65.6 cm³/mol. The molecule has 5 heteroatoms. The Balaban J connectivity index is 2.54. The summed E-state index contributed by atoms with van der Waals surface area (Å²) in [7, 11) is 0. The Bertz CT molecular complexity index is 354. The Morgan fingerprint density at radius 1 is 1.44 bits per heavy atom. The van der Waals surface area contributed by atoms with Crippen molar-refractivity contribution in [2.24, 2.45) is 11.3 Å². The summed E-state index contributed by atoms with van der Waals surface area (Å²) in [6.45, 7) is 2.02. The van der Waals surface area contributed by atoms with Crippen molar-refractivity contribution in [3.63, 3.8) is 0 Å². The number of aliphatic carboxylic acids is 1. The maximum Gasteiger partial charge on any atom is 0.308 e. The number of carboxylic acid groups (broad SMARTS) is 1. The number of nitrogens with one attached hydrogen (secondary N) is 1. The molecule has 0 radical (unpaired) electrons. The minimum atomic E-state index is -0.921. The molecule has 0 heterocycles. The van der Waals surface area contributed by atoms with Gasteiger partial charge in [0.25, 0.3) is 0 Å². The molecule has 1 unspecified atom stereocenters. The summed E-state index contributed by atoms with van der Waals surface area (Å²) in [4.78, 5) is 23.0. The first-order valence-electron chi connectivity index (χ1n) is 6.48. The fourth-order valence-electron chi connectivity index (χ4n) is 2.41. The van der Waals surface area contributed by atoms with E-state index in [1.807, 2.05) is 6.92 Å². The van der Waals surface area contributed by atoms with Gasteiger partial charge in [-0.2, -0.15) is 5.26 Å². The van der Waals surface area contributed by atoms with Gasteiger partial charge in [0.05, 0.1) is 12.0 Å². The number of carbonyl (C=O) groups is 2. The molecule has 1 aliphatic carbocycles. The second-order valence-corrected chi connectivity index (χ2v) is 4.93. The maximum absolute atomic E-state index is 12.0. The van der Waals surface area contributed by atoms with Gasteiger partial charge in [-0.05, 0) is 19.3 Å². The molecule has 0 saturated heterocycles. The van der Waals surface area contributed by atoms with Gasteiger partial charge in [0.1, 0.15) is 5.41 Å². The molecule has 18 heavy (non-hydrogen) atoms. The molecule has 5 nitrogen and oxygen atoms in total. The molecule has 0 spiro atoms. The van der Waals surface area contributed by atoms with E-state index in [-0.39, 0.29) is 12.5 Å². The molecule has 1 atom stereocenters. The van der Waals surface area contributed by atoms with Crippen molar-refractivity contribution in [2.45, 2.75) is 45.4 Å². The van der Waals surface area contributed by atoms with Gasteiger partial charge in [0.15, 0.2) is 0 Å². The van der Waals surface area contributed by atoms with Gasteiger partial charge >= 0.3 is 5.97 Å². The van der Waals surface area contributed by atoms with E-state index < -0.39 is 17.3 Å². The SMILES string of the molecule is CCCC(CNC(=O)C1(C#N)CCCC1)C(=O)O. The zero-order valence-electron chi connectivity index (χ0n) is 10.7. The second-order valence-electron chi connectivity index (χ2n) is 4.93. The fourth-order valence-corrected chi connectivity index (χ4v) is 2.41. The maximum atomic E-state index is 12.0. The monoisotopic (exact) mass is 252 g/mol. The third-order valence-corrected chi connectivity index (χ3v) is 3.60. The summed E-state index contributed by atoms with van der Waals surface area (Å²) in [5, 5.41) is 20.8. The molecule has 1 fully saturated rings. The molecular weight excluding hydrogens is 232 g/mol.